The van der Waals surface area contributed by atoms with E-state index in [-0.39, 0.29) is 11.8 Å². The maximum Gasteiger partial charge on any atom is 0.226 e. The summed E-state index contributed by atoms with van der Waals surface area (Å²) in [7, 11) is 0. The Balaban J connectivity index is 1.72. The van der Waals surface area contributed by atoms with E-state index in [1.54, 1.807) is 12.5 Å². The van der Waals surface area contributed by atoms with Crippen molar-refractivity contribution in [3.05, 3.63) is 48.3 Å². The minimum Gasteiger partial charge on any atom is -0.467 e. The third kappa shape index (κ3) is 3.57. The second-order valence-corrected chi connectivity index (χ2v) is 5.69. The SMILES string of the molecule is O=C(C1CCCCC1)N(Cc1ccco1)Cc1ccco1. The highest BCUT2D eigenvalue weighted by atomic mass is 16.3. The van der Waals surface area contributed by atoms with Crippen LogP contribution in [0.15, 0.2) is 45.6 Å². The van der Waals surface area contributed by atoms with E-state index in [0.717, 1.165) is 37.2 Å². The minimum atomic E-state index is 0.156. The fourth-order valence-corrected chi connectivity index (χ4v) is 3.00. The van der Waals surface area contributed by atoms with Crippen molar-refractivity contribution in [1.82, 2.24) is 4.90 Å². The van der Waals surface area contributed by atoms with E-state index in [9.17, 15) is 4.79 Å². The molecule has 1 amide bonds. The Morgan fingerprint density at radius 2 is 1.57 bits per heavy atom. The summed E-state index contributed by atoms with van der Waals surface area (Å²) in [5, 5.41) is 0. The second kappa shape index (κ2) is 6.66. The molecule has 0 saturated heterocycles. The van der Waals surface area contributed by atoms with Gasteiger partial charge in [0.2, 0.25) is 5.91 Å². The van der Waals surface area contributed by atoms with Crippen molar-refractivity contribution in [2.45, 2.75) is 45.2 Å². The summed E-state index contributed by atoms with van der Waals surface area (Å²) in [6, 6.07) is 7.52. The van der Waals surface area contributed by atoms with E-state index >= 15 is 0 Å². The van der Waals surface area contributed by atoms with Gasteiger partial charge in [-0.25, -0.2) is 0 Å². The van der Waals surface area contributed by atoms with Gasteiger partial charge in [-0.05, 0) is 37.1 Å². The molecule has 1 aliphatic rings. The van der Waals surface area contributed by atoms with E-state index < -0.39 is 0 Å². The predicted octanol–water partition coefficient (Wildman–Crippen LogP) is 3.98. The van der Waals surface area contributed by atoms with Crippen molar-refractivity contribution in [3.8, 4) is 0 Å². The molecule has 2 aromatic heterocycles. The van der Waals surface area contributed by atoms with Gasteiger partial charge in [0.15, 0.2) is 0 Å². The van der Waals surface area contributed by atoms with Crippen LogP contribution in [0, 0.1) is 5.92 Å². The molecule has 2 aromatic rings. The minimum absolute atomic E-state index is 0.156. The molecule has 3 rings (SSSR count). The maximum absolute atomic E-state index is 12.8. The zero-order chi connectivity index (χ0) is 14.5. The Morgan fingerprint density at radius 3 is 2.05 bits per heavy atom. The van der Waals surface area contributed by atoms with E-state index in [4.69, 9.17) is 8.83 Å². The summed E-state index contributed by atoms with van der Waals surface area (Å²) in [5.41, 5.74) is 0. The van der Waals surface area contributed by atoms with E-state index in [1.807, 2.05) is 29.2 Å². The first-order valence-electron chi connectivity index (χ1n) is 7.66. The largest absolute Gasteiger partial charge is 0.467 e. The van der Waals surface area contributed by atoms with Gasteiger partial charge in [-0.3, -0.25) is 4.79 Å². The van der Waals surface area contributed by atoms with Crippen LogP contribution in [-0.2, 0) is 17.9 Å². The number of carbonyl (C=O) groups excluding carboxylic acids is 1. The summed E-state index contributed by atoms with van der Waals surface area (Å²) in [5.74, 6) is 2.00. The average Bonchev–Trinajstić information content (AvgIpc) is 3.20. The summed E-state index contributed by atoms with van der Waals surface area (Å²) in [4.78, 5) is 14.6. The summed E-state index contributed by atoms with van der Waals surface area (Å²) < 4.78 is 10.8. The fraction of sp³-hybridized carbons (Fsp3) is 0.471. The maximum atomic E-state index is 12.8. The number of rotatable bonds is 5. The van der Waals surface area contributed by atoms with Crippen LogP contribution in [0.25, 0.3) is 0 Å². The van der Waals surface area contributed by atoms with Crippen molar-refractivity contribution >= 4 is 5.91 Å². The number of carbonyl (C=O) groups is 1. The molecule has 0 atom stereocenters. The van der Waals surface area contributed by atoms with Crippen LogP contribution in [0.1, 0.15) is 43.6 Å². The van der Waals surface area contributed by atoms with Crippen LogP contribution in [-0.4, -0.2) is 10.8 Å². The molecule has 0 aliphatic heterocycles. The Kier molecular flexibility index (Phi) is 4.43. The molecule has 4 heteroatoms. The first kappa shape index (κ1) is 14.0. The van der Waals surface area contributed by atoms with Crippen molar-refractivity contribution in [2.75, 3.05) is 0 Å². The van der Waals surface area contributed by atoms with Crippen molar-refractivity contribution in [2.24, 2.45) is 5.92 Å². The molecule has 1 saturated carbocycles. The van der Waals surface area contributed by atoms with Crippen molar-refractivity contribution in [1.29, 1.82) is 0 Å². The zero-order valence-corrected chi connectivity index (χ0v) is 12.2. The van der Waals surface area contributed by atoms with E-state index in [1.165, 1.54) is 6.42 Å². The van der Waals surface area contributed by atoms with Crippen molar-refractivity contribution in [3.63, 3.8) is 0 Å². The third-order valence-electron chi connectivity index (χ3n) is 4.12. The summed E-state index contributed by atoms with van der Waals surface area (Å²) in [6.45, 7) is 1.01. The van der Waals surface area contributed by atoms with Crippen molar-refractivity contribution < 1.29 is 13.6 Å². The molecule has 4 nitrogen and oxygen atoms in total. The Labute approximate surface area is 124 Å². The second-order valence-electron chi connectivity index (χ2n) is 5.69. The van der Waals surface area contributed by atoms with Crippen LogP contribution in [0.2, 0.25) is 0 Å². The van der Waals surface area contributed by atoms with Gasteiger partial charge in [0.05, 0.1) is 25.6 Å². The number of furan rings is 2. The van der Waals surface area contributed by atoms with Crippen LogP contribution in [0.4, 0.5) is 0 Å². The average molecular weight is 287 g/mol. The Hall–Kier alpha value is -1.97. The molecule has 0 bridgehead atoms. The van der Waals surface area contributed by atoms with Crippen LogP contribution < -0.4 is 0 Å². The molecule has 2 heterocycles. The molecular weight excluding hydrogens is 266 g/mol. The molecule has 0 N–H and O–H groups in total. The lowest BCUT2D eigenvalue weighted by atomic mass is 9.88. The third-order valence-corrected chi connectivity index (χ3v) is 4.12. The lowest BCUT2D eigenvalue weighted by Gasteiger charge is -2.28. The zero-order valence-electron chi connectivity index (χ0n) is 12.2. The number of hydrogen-bond acceptors (Lipinski definition) is 3. The molecule has 112 valence electrons. The summed E-state index contributed by atoms with van der Waals surface area (Å²) >= 11 is 0. The Morgan fingerprint density at radius 1 is 1.00 bits per heavy atom. The standard InChI is InChI=1S/C17H21NO3/c19-17(14-6-2-1-3-7-14)18(12-15-8-4-10-20-15)13-16-9-5-11-21-16/h4-5,8-11,14H,1-3,6-7,12-13H2. The quantitative estimate of drug-likeness (QED) is 0.835. The van der Waals surface area contributed by atoms with Gasteiger partial charge in [-0.1, -0.05) is 19.3 Å². The predicted molar refractivity (Wildman–Crippen MR) is 78.2 cm³/mol. The van der Waals surface area contributed by atoms with Gasteiger partial charge in [-0.2, -0.15) is 0 Å². The van der Waals surface area contributed by atoms with Gasteiger partial charge in [0, 0.05) is 5.92 Å². The molecular formula is C17H21NO3. The van der Waals surface area contributed by atoms with Gasteiger partial charge in [-0.15, -0.1) is 0 Å². The smallest absolute Gasteiger partial charge is 0.226 e. The molecule has 21 heavy (non-hydrogen) atoms. The first-order valence-corrected chi connectivity index (χ1v) is 7.66. The van der Waals surface area contributed by atoms with E-state index in [2.05, 4.69) is 0 Å². The number of nitrogens with zero attached hydrogens (tertiary/aromatic N) is 1. The van der Waals surface area contributed by atoms with Gasteiger partial charge in [0.1, 0.15) is 11.5 Å². The van der Waals surface area contributed by atoms with Crippen LogP contribution >= 0.6 is 0 Å². The van der Waals surface area contributed by atoms with Gasteiger partial charge >= 0.3 is 0 Å². The highest BCUT2D eigenvalue weighted by Gasteiger charge is 2.27. The van der Waals surface area contributed by atoms with Gasteiger partial charge < -0.3 is 13.7 Å². The summed E-state index contributed by atoms with van der Waals surface area (Å²) in [6.07, 6.45) is 8.87. The molecule has 0 radical (unpaired) electrons. The van der Waals surface area contributed by atoms with Gasteiger partial charge in [0.25, 0.3) is 0 Å². The highest BCUT2D eigenvalue weighted by Crippen LogP contribution is 2.26. The Bertz CT molecular complexity index is 502. The molecule has 0 spiro atoms. The molecule has 0 unspecified atom stereocenters. The lowest BCUT2D eigenvalue weighted by Crippen LogP contribution is -2.36. The molecule has 1 fully saturated rings. The topological polar surface area (TPSA) is 46.6 Å². The molecule has 1 aliphatic carbocycles. The van der Waals surface area contributed by atoms with Crippen LogP contribution in [0.5, 0.6) is 0 Å². The number of amides is 1. The lowest BCUT2D eigenvalue weighted by molar-refractivity contribution is -0.138. The number of hydrogen-bond donors (Lipinski definition) is 0. The molecule has 0 aromatic carbocycles. The highest BCUT2D eigenvalue weighted by molar-refractivity contribution is 5.78. The fourth-order valence-electron chi connectivity index (χ4n) is 3.00. The van der Waals surface area contributed by atoms with Crippen LogP contribution in [0.3, 0.4) is 0 Å². The monoisotopic (exact) mass is 287 g/mol. The van der Waals surface area contributed by atoms with E-state index in [0.29, 0.717) is 13.1 Å². The first-order chi connectivity index (χ1) is 10.3. The normalized spacial score (nSPS) is 16.0.